The Kier molecular flexibility index (Phi) is 5.64. The van der Waals surface area contributed by atoms with Crippen LogP contribution in [-0.2, 0) is 0 Å². The Labute approximate surface area is 58.4 Å². The Bertz CT molecular complexity index is 74.6. The lowest BCUT2D eigenvalue weighted by molar-refractivity contribution is 0.417. The number of allylic oxidation sites excluding steroid dienone is 1. The first-order chi connectivity index (χ1) is 4.27. The van der Waals surface area contributed by atoms with Crippen molar-refractivity contribution in [3.8, 4) is 0 Å². The fourth-order valence-corrected chi connectivity index (χ4v) is 0.617. The Morgan fingerprint density at radius 2 is 1.89 bits per heavy atom. The maximum absolute atomic E-state index is 2.24. The maximum atomic E-state index is 2.24. The van der Waals surface area contributed by atoms with Gasteiger partial charge in [0.25, 0.3) is 0 Å². The Hall–Kier alpha value is -0.300. The van der Waals surface area contributed by atoms with Crippen LogP contribution in [0.5, 0.6) is 0 Å². The molecular weight excluding hydrogens is 110 g/mol. The molecule has 0 N–H and O–H groups in total. The largest absolute Gasteiger partial charge is 0.309 e. The van der Waals surface area contributed by atoms with Crippen molar-refractivity contribution in [3.05, 3.63) is 12.2 Å². The highest BCUT2D eigenvalue weighted by Gasteiger charge is 1.83. The van der Waals surface area contributed by atoms with Crippen LogP contribution in [0.15, 0.2) is 12.2 Å². The highest BCUT2D eigenvalue weighted by molar-refractivity contribution is 4.80. The topological polar surface area (TPSA) is 3.24 Å². The van der Waals surface area contributed by atoms with Crippen LogP contribution in [0.3, 0.4) is 0 Å². The Morgan fingerprint density at radius 1 is 1.22 bits per heavy atom. The molecule has 0 saturated carbocycles. The fraction of sp³-hybridized carbons (Fsp3) is 0.750. The van der Waals surface area contributed by atoms with Gasteiger partial charge in [0.2, 0.25) is 0 Å². The third kappa shape index (κ3) is 7.70. The van der Waals surface area contributed by atoms with Crippen molar-refractivity contribution in [1.82, 2.24) is 4.90 Å². The van der Waals surface area contributed by atoms with E-state index >= 15 is 0 Å². The molecule has 0 bridgehead atoms. The van der Waals surface area contributed by atoms with E-state index in [0.717, 1.165) is 13.0 Å². The molecule has 0 saturated heterocycles. The lowest BCUT2D eigenvalue weighted by Gasteiger charge is -2.05. The highest BCUT2D eigenvalue weighted by Crippen LogP contribution is 1.87. The second-order valence-electron chi connectivity index (χ2n) is 2.47. The van der Waals surface area contributed by atoms with E-state index in [1.165, 1.54) is 6.42 Å². The van der Waals surface area contributed by atoms with Crippen molar-refractivity contribution in [2.45, 2.75) is 19.8 Å². The summed E-state index contributed by atoms with van der Waals surface area (Å²) >= 11 is 0. The highest BCUT2D eigenvalue weighted by atomic mass is 15.0. The molecule has 0 aliphatic heterocycles. The van der Waals surface area contributed by atoms with Crippen LogP contribution in [0, 0.1) is 0 Å². The van der Waals surface area contributed by atoms with Crippen molar-refractivity contribution in [2.24, 2.45) is 0 Å². The molecule has 0 amide bonds. The van der Waals surface area contributed by atoms with E-state index < -0.39 is 0 Å². The van der Waals surface area contributed by atoms with Gasteiger partial charge in [-0.25, -0.2) is 0 Å². The monoisotopic (exact) mass is 127 g/mol. The van der Waals surface area contributed by atoms with Crippen LogP contribution < -0.4 is 0 Å². The van der Waals surface area contributed by atoms with Crippen molar-refractivity contribution < 1.29 is 0 Å². The second kappa shape index (κ2) is 5.83. The summed E-state index contributed by atoms with van der Waals surface area (Å²) in [6.07, 6.45) is 6.79. The fourth-order valence-electron chi connectivity index (χ4n) is 0.617. The molecule has 0 atom stereocenters. The third-order valence-electron chi connectivity index (χ3n) is 1.15. The van der Waals surface area contributed by atoms with E-state index in [2.05, 4.69) is 38.1 Å². The van der Waals surface area contributed by atoms with E-state index in [9.17, 15) is 0 Å². The molecule has 0 aliphatic carbocycles. The van der Waals surface area contributed by atoms with Gasteiger partial charge in [0.15, 0.2) is 0 Å². The minimum Gasteiger partial charge on any atom is -0.309 e. The van der Waals surface area contributed by atoms with Crippen LogP contribution in [0.2, 0.25) is 0 Å². The number of hydrogen-bond donors (Lipinski definition) is 0. The van der Waals surface area contributed by atoms with Crippen molar-refractivity contribution in [2.75, 3.05) is 20.6 Å². The smallest absolute Gasteiger partial charge is 0.000980 e. The molecule has 0 spiro atoms. The molecule has 0 aromatic carbocycles. The first kappa shape index (κ1) is 8.70. The normalized spacial score (nSPS) is 11.6. The van der Waals surface area contributed by atoms with Gasteiger partial charge in [0, 0.05) is 6.54 Å². The van der Waals surface area contributed by atoms with E-state index in [1.54, 1.807) is 0 Å². The molecule has 9 heavy (non-hydrogen) atoms. The standard InChI is InChI=1S/C8H17N/c1-4-5-6-7-8-9(2)3/h5-6H,4,7-8H2,1-3H3/b6-5-. The molecule has 1 nitrogen and oxygen atoms in total. The van der Waals surface area contributed by atoms with E-state index in [-0.39, 0.29) is 0 Å². The number of rotatable bonds is 4. The molecule has 0 radical (unpaired) electrons. The molecule has 0 fully saturated rings. The zero-order chi connectivity index (χ0) is 7.11. The molecular formula is C8H17N. The molecule has 0 aliphatic rings. The van der Waals surface area contributed by atoms with Crippen LogP contribution in [0.25, 0.3) is 0 Å². The molecule has 0 aromatic heterocycles. The summed E-state index contributed by atoms with van der Waals surface area (Å²) < 4.78 is 0. The minimum absolute atomic E-state index is 1.16. The van der Waals surface area contributed by atoms with Crippen molar-refractivity contribution in [3.63, 3.8) is 0 Å². The van der Waals surface area contributed by atoms with Crippen molar-refractivity contribution in [1.29, 1.82) is 0 Å². The van der Waals surface area contributed by atoms with Gasteiger partial charge in [0.1, 0.15) is 0 Å². The van der Waals surface area contributed by atoms with E-state index in [4.69, 9.17) is 0 Å². The third-order valence-corrected chi connectivity index (χ3v) is 1.15. The summed E-state index contributed by atoms with van der Waals surface area (Å²) in [5, 5.41) is 0. The van der Waals surface area contributed by atoms with Crippen LogP contribution >= 0.6 is 0 Å². The number of nitrogens with zero attached hydrogens (tertiary/aromatic N) is 1. The van der Waals surface area contributed by atoms with Crippen LogP contribution in [-0.4, -0.2) is 25.5 Å². The summed E-state index contributed by atoms with van der Waals surface area (Å²) in [4.78, 5) is 2.19. The predicted octanol–water partition coefficient (Wildman–Crippen LogP) is 1.90. The zero-order valence-corrected chi connectivity index (χ0v) is 6.72. The lowest BCUT2D eigenvalue weighted by atomic mass is 10.3. The molecule has 54 valence electrons. The van der Waals surface area contributed by atoms with Gasteiger partial charge in [-0.3, -0.25) is 0 Å². The second-order valence-corrected chi connectivity index (χ2v) is 2.47. The van der Waals surface area contributed by atoms with E-state index in [1.807, 2.05) is 0 Å². The van der Waals surface area contributed by atoms with Gasteiger partial charge in [0.05, 0.1) is 0 Å². The van der Waals surface area contributed by atoms with Gasteiger partial charge in [-0.05, 0) is 26.9 Å². The van der Waals surface area contributed by atoms with Crippen LogP contribution in [0.1, 0.15) is 19.8 Å². The predicted molar refractivity (Wildman–Crippen MR) is 42.6 cm³/mol. The van der Waals surface area contributed by atoms with Gasteiger partial charge in [-0.1, -0.05) is 19.1 Å². The zero-order valence-electron chi connectivity index (χ0n) is 6.72. The van der Waals surface area contributed by atoms with Gasteiger partial charge in [-0.2, -0.15) is 0 Å². The molecule has 0 unspecified atom stereocenters. The summed E-state index contributed by atoms with van der Waals surface area (Å²) in [5.74, 6) is 0. The first-order valence-corrected chi connectivity index (χ1v) is 3.57. The average molecular weight is 127 g/mol. The summed E-state index contributed by atoms with van der Waals surface area (Å²) in [6, 6.07) is 0. The van der Waals surface area contributed by atoms with Gasteiger partial charge < -0.3 is 4.90 Å². The minimum atomic E-state index is 1.16. The summed E-state index contributed by atoms with van der Waals surface area (Å²) in [6.45, 7) is 3.32. The van der Waals surface area contributed by atoms with Gasteiger partial charge in [-0.15, -0.1) is 0 Å². The molecule has 1 heteroatoms. The SMILES string of the molecule is CC/C=C\CCN(C)C. The molecule has 0 heterocycles. The Morgan fingerprint density at radius 3 is 2.33 bits per heavy atom. The first-order valence-electron chi connectivity index (χ1n) is 3.57. The van der Waals surface area contributed by atoms with Crippen LogP contribution in [0.4, 0.5) is 0 Å². The van der Waals surface area contributed by atoms with Crippen molar-refractivity contribution >= 4 is 0 Å². The number of hydrogen-bond acceptors (Lipinski definition) is 1. The quantitative estimate of drug-likeness (QED) is 0.521. The molecule has 0 aromatic rings. The van der Waals surface area contributed by atoms with Gasteiger partial charge >= 0.3 is 0 Å². The maximum Gasteiger partial charge on any atom is 0.000980 e. The summed E-state index contributed by atoms with van der Waals surface area (Å²) in [5.41, 5.74) is 0. The average Bonchev–Trinajstić information content (AvgIpc) is 1.80. The Balaban J connectivity index is 2.99. The lowest BCUT2D eigenvalue weighted by Crippen LogP contribution is -2.11. The van der Waals surface area contributed by atoms with E-state index in [0.29, 0.717) is 0 Å². The molecule has 0 rings (SSSR count). The summed E-state index contributed by atoms with van der Waals surface area (Å²) in [7, 11) is 4.19.